The molecule has 0 aromatic heterocycles. The number of hydrogen-bond donors (Lipinski definition) is 2. The molecule has 5 nitrogen and oxygen atoms in total. The van der Waals surface area contributed by atoms with Crippen LogP contribution in [0.5, 0.6) is 0 Å². The summed E-state index contributed by atoms with van der Waals surface area (Å²) >= 11 is 0. The predicted molar refractivity (Wildman–Crippen MR) is 15.1 cm³/mol. The first-order valence-electron chi connectivity index (χ1n) is 0.781. The molecule has 0 saturated carbocycles. The molecule has 6 heteroatoms. The molecular formula is CH4N2O3Ti. The Labute approximate surface area is 55.5 Å². The van der Waals surface area contributed by atoms with Crippen molar-refractivity contribution in [2.24, 2.45) is 11.5 Å². The molecule has 0 radical (unpaired) electrons. The number of rotatable bonds is 0. The average molecular weight is 140 g/mol. The van der Waals surface area contributed by atoms with Crippen LogP contribution in [-0.2, 0) is 32.7 Å². The van der Waals surface area contributed by atoms with Gasteiger partial charge in [0, 0.05) is 0 Å². The first kappa shape index (κ1) is 28.5. The summed E-state index contributed by atoms with van der Waals surface area (Å²) in [7, 11) is 0. The van der Waals surface area contributed by atoms with E-state index in [9.17, 15) is 0 Å². The number of urea groups is 1. The molecule has 2 amide bonds. The van der Waals surface area contributed by atoms with Crippen LogP contribution >= 0.6 is 0 Å². The Bertz CT molecular complexity index is 35.9. The molecule has 0 bridgehead atoms. The second-order valence-corrected chi connectivity index (χ2v) is 0.402. The average Bonchev–Trinajstić information content (AvgIpc) is 0.811. The van der Waals surface area contributed by atoms with Crippen molar-refractivity contribution in [3.05, 3.63) is 0 Å². The number of carbonyl (C=O) groups excluding carboxylic acids is 1. The van der Waals surface area contributed by atoms with Crippen molar-refractivity contribution in [3.8, 4) is 0 Å². The smallest absolute Gasteiger partial charge is 2.00 e. The molecule has 0 saturated heterocycles. The van der Waals surface area contributed by atoms with Crippen molar-refractivity contribution in [3.63, 3.8) is 0 Å². The van der Waals surface area contributed by atoms with Gasteiger partial charge in [-0.05, 0) is 0 Å². The van der Waals surface area contributed by atoms with E-state index in [0.29, 0.717) is 0 Å². The molecular weight excluding hydrogens is 136 g/mol. The first-order chi connectivity index (χ1) is 1.73. The molecule has 4 N–H and O–H groups in total. The van der Waals surface area contributed by atoms with Gasteiger partial charge in [-0.1, -0.05) is 0 Å². The van der Waals surface area contributed by atoms with Crippen LogP contribution in [-0.4, -0.2) is 6.03 Å². The molecule has 0 heterocycles. The van der Waals surface area contributed by atoms with E-state index in [4.69, 9.17) is 4.79 Å². The standard InChI is InChI=1S/CH4N2O.2O.Ti/c2-1(3)4;;;/h(H4,2,3,4);;;/q;2*-2;+4. The van der Waals surface area contributed by atoms with E-state index in [0.717, 1.165) is 0 Å². The Morgan fingerprint density at radius 1 is 1.14 bits per heavy atom. The molecule has 0 atom stereocenters. The van der Waals surface area contributed by atoms with E-state index in [-0.39, 0.29) is 32.7 Å². The molecule has 0 unspecified atom stereocenters. The van der Waals surface area contributed by atoms with Gasteiger partial charge in [0.2, 0.25) is 0 Å². The quantitative estimate of drug-likeness (QED) is 0.402. The Hall–Kier alpha value is -0.0957. The first-order valence-corrected chi connectivity index (χ1v) is 0.781. The van der Waals surface area contributed by atoms with E-state index >= 15 is 0 Å². The summed E-state index contributed by atoms with van der Waals surface area (Å²) in [4.78, 5) is 9.00. The van der Waals surface area contributed by atoms with E-state index in [1.54, 1.807) is 0 Å². The summed E-state index contributed by atoms with van der Waals surface area (Å²) < 4.78 is 0. The van der Waals surface area contributed by atoms with E-state index in [1.807, 2.05) is 0 Å². The summed E-state index contributed by atoms with van der Waals surface area (Å²) in [6.45, 7) is 0. The third-order valence-corrected chi connectivity index (χ3v) is 0. The van der Waals surface area contributed by atoms with Crippen LogP contribution in [0.3, 0.4) is 0 Å². The minimum absolute atomic E-state index is 0. The number of carbonyl (C=O) groups is 1. The van der Waals surface area contributed by atoms with Crippen molar-refractivity contribution in [1.82, 2.24) is 0 Å². The van der Waals surface area contributed by atoms with Crippen molar-refractivity contribution in [1.29, 1.82) is 0 Å². The van der Waals surface area contributed by atoms with Gasteiger partial charge in [-0.3, -0.25) is 0 Å². The Morgan fingerprint density at radius 2 is 1.14 bits per heavy atom. The third-order valence-electron chi connectivity index (χ3n) is 0. The predicted octanol–water partition coefficient (Wildman–Crippen LogP) is -1.22. The molecule has 0 spiro atoms. The van der Waals surface area contributed by atoms with Crippen LogP contribution in [0, 0.1) is 0 Å². The number of hydrogen-bond acceptors (Lipinski definition) is 1. The van der Waals surface area contributed by atoms with Gasteiger partial charge in [0.1, 0.15) is 0 Å². The minimum atomic E-state index is -0.833. The molecule has 0 aliphatic heterocycles. The van der Waals surface area contributed by atoms with Gasteiger partial charge >= 0.3 is 27.7 Å². The second-order valence-electron chi connectivity index (χ2n) is 0.402. The van der Waals surface area contributed by atoms with Gasteiger partial charge < -0.3 is 22.4 Å². The Morgan fingerprint density at radius 3 is 1.14 bits per heavy atom. The SMILES string of the molecule is NC(N)=O.[O-2].[O-2].[Ti+4]. The number of primary amides is 2. The molecule has 0 aromatic rings. The number of nitrogens with two attached hydrogens (primary N) is 2. The van der Waals surface area contributed by atoms with Crippen molar-refractivity contribution in [2.75, 3.05) is 0 Å². The Balaban J connectivity index is -0.0000000150. The van der Waals surface area contributed by atoms with Crippen molar-refractivity contribution in [2.45, 2.75) is 0 Å². The van der Waals surface area contributed by atoms with Crippen LogP contribution < -0.4 is 11.5 Å². The summed E-state index contributed by atoms with van der Waals surface area (Å²) in [6, 6.07) is -0.833. The fraction of sp³-hybridized carbons (Fsp3) is 0. The van der Waals surface area contributed by atoms with E-state index in [2.05, 4.69) is 11.5 Å². The molecule has 0 fully saturated rings. The van der Waals surface area contributed by atoms with E-state index < -0.39 is 6.03 Å². The summed E-state index contributed by atoms with van der Waals surface area (Å²) in [5.41, 5.74) is 8.50. The van der Waals surface area contributed by atoms with Crippen LogP contribution in [0.1, 0.15) is 0 Å². The second kappa shape index (κ2) is 16.8. The minimum Gasteiger partial charge on any atom is -2.00 e. The van der Waals surface area contributed by atoms with Gasteiger partial charge in [-0.2, -0.15) is 0 Å². The van der Waals surface area contributed by atoms with Gasteiger partial charge in [0.25, 0.3) is 0 Å². The monoisotopic (exact) mass is 140 g/mol. The van der Waals surface area contributed by atoms with Crippen molar-refractivity contribution < 1.29 is 37.5 Å². The van der Waals surface area contributed by atoms with Gasteiger partial charge in [0.15, 0.2) is 0 Å². The molecule has 0 aliphatic rings. The van der Waals surface area contributed by atoms with Gasteiger partial charge in [-0.25, -0.2) is 4.79 Å². The van der Waals surface area contributed by atoms with Crippen LogP contribution in [0.25, 0.3) is 0 Å². The zero-order valence-corrected chi connectivity index (χ0v) is 4.94. The zero-order valence-electron chi connectivity index (χ0n) is 3.38. The topological polar surface area (TPSA) is 126 Å². The summed E-state index contributed by atoms with van der Waals surface area (Å²) in [6.07, 6.45) is 0. The maximum Gasteiger partial charge on any atom is 4.00 e. The molecule has 40 valence electrons. The fourth-order valence-electron chi connectivity index (χ4n) is 0. The maximum atomic E-state index is 9.00. The third kappa shape index (κ3) is 9820. The fourth-order valence-corrected chi connectivity index (χ4v) is 0. The van der Waals surface area contributed by atoms with Crippen LogP contribution in [0.4, 0.5) is 4.79 Å². The maximum absolute atomic E-state index is 9.00. The summed E-state index contributed by atoms with van der Waals surface area (Å²) in [5, 5.41) is 0. The molecule has 0 aromatic carbocycles. The largest absolute Gasteiger partial charge is 4.00 e. The molecule has 0 aliphatic carbocycles. The number of amides is 2. The van der Waals surface area contributed by atoms with Gasteiger partial charge in [-0.15, -0.1) is 0 Å². The van der Waals surface area contributed by atoms with Gasteiger partial charge in [0.05, 0.1) is 0 Å². The molecule has 0 rings (SSSR count). The van der Waals surface area contributed by atoms with Crippen LogP contribution in [0.15, 0.2) is 0 Å². The van der Waals surface area contributed by atoms with E-state index in [1.165, 1.54) is 0 Å². The van der Waals surface area contributed by atoms with Crippen molar-refractivity contribution >= 4 is 6.03 Å². The van der Waals surface area contributed by atoms with Crippen LogP contribution in [0.2, 0.25) is 0 Å². The summed E-state index contributed by atoms with van der Waals surface area (Å²) in [5.74, 6) is 0. The Kier molecular flexibility index (Phi) is 68.6. The molecule has 7 heavy (non-hydrogen) atoms. The zero-order chi connectivity index (χ0) is 3.58. The normalized spacial score (nSPS) is 3.43.